The Morgan fingerprint density at radius 2 is 1.89 bits per heavy atom. The number of halogens is 1. The second kappa shape index (κ2) is 10.3. The lowest BCUT2D eigenvalue weighted by Crippen LogP contribution is -2.39. The summed E-state index contributed by atoms with van der Waals surface area (Å²) in [6, 6.07) is 8.27. The Hall–Kier alpha value is -2.10. The molecule has 0 radical (unpaired) electrons. The molecule has 3 aromatic rings. The molecule has 0 unspecified atom stereocenters. The van der Waals surface area contributed by atoms with E-state index in [4.69, 9.17) is 0 Å². The number of hydrogen-bond donors (Lipinski definition) is 2. The average Bonchev–Trinajstić information content (AvgIpc) is 3.19. The lowest BCUT2D eigenvalue weighted by molar-refractivity contribution is 0.590. The molecule has 2 aromatic heterocycles. The van der Waals surface area contributed by atoms with Crippen LogP contribution in [-0.4, -0.2) is 45.4 Å². The zero-order valence-corrected chi connectivity index (χ0v) is 18.5. The molecule has 0 spiro atoms. The number of nitrogens with zero attached hydrogens (tertiary/aromatic N) is 5. The van der Waals surface area contributed by atoms with Crippen molar-refractivity contribution in [2.24, 2.45) is 4.99 Å². The first-order valence-electron chi connectivity index (χ1n) is 9.03. The van der Waals surface area contributed by atoms with Crippen molar-refractivity contribution in [1.29, 1.82) is 0 Å². The summed E-state index contributed by atoms with van der Waals surface area (Å²) >= 11 is 0. The Morgan fingerprint density at radius 3 is 2.63 bits per heavy atom. The van der Waals surface area contributed by atoms with Crippen LogP contribution < -0.4 is 10.6 Å². The highest BCUT2D eigenvalue weighted by Gasteiger charge is 2.06. The quantitative estimate of drug-likeness (QED) is 0.236. The van der Waals surface area contributed by atoms with Gasteiger partial charge in [-0.3, -0.25) is 9.67 Å². The molecule has 1 aromatic carbocycles. The Morgan fingerprint density at radius 1 is 1.11 bits per heavy atom. The van der Waals surface area contributed by atoms with Gasteiger partial charge in [0.25, 0.3) is 0 Å². The highest BCUT2D eigenvalue weighted by Crippen LogP contribution is 2.15. The number of aromatic nitrogens is 4. The van der Waals surface area contributed by atoms with Gasteiger partial charge in [-0.25, -0.2) is 4.98 Å². The van der Waals surface area contributed by atoms with E-state index in [9.17, 15) is 0 Å². The van der Waals surface area contributed by atoms with Gasteiger partial charge in [0.15, 0.2) is 5.96 Å². The maximum atomic E-state index is 4.61. The highest BCUT2D eigenvalue weighted by molar-refractivity contribution is 14.0. The minimum atomic E-state index is 0. The van der Waals surface area contributed by atoms with Crippen LogP contribution in [0.2, 0.25) is 0 Å². The number of para-hydroxylation sites is 2. The molecule has 27 heavy (non-hydrogen) atoms. The van der Waals surface area contributed by atoms with E-state index in [0.29, 0.717) is 0 Å². The van der Waals surface area contributed by atoms with Crippen molar-refractivity contribution < 1.29 is 0 Å². The van der Waals surface area contributed by atoms with Crippen molar-refractivity contribution in [1.82, 2.24) is 30.0 Å². The van der Waals surface area contributed by atoms with Crippen LogP contribution in [0, 0.1) is 13.8 Å². The van der Waals surface area contributed by atoms with Crippen LogP contribution in [0.25, 0.3) is 11.0 Å². The summed E-state index contributed by atoms with van der Waals surface area (Å²) in [5.41, 5.74) is 3.43. The maximum Gasteiger partial charge on any atom is 0.191 e. The van der Waals surface area contributed by atoms with E-state index in [1.54, 1.807) is 7.05 Å². The first-order chi connectivity index (χ1) is 12.7. The molecule has 2 heterocycles. The molecule has 0 aliphatic heterocycles. The van der Waals surface area contributed by atoms with Gasteiger partial charge in [0.2, 0.25) is 0 Å². The number of rotatable bonds is 7. The van der Waals surface area contributed by atoms with Gasteiger partial charge in [0, 0.05) is 32.9 Å². The van der Waals surface area contributed by atoms with Crippen molar-refractivity contribution >= 4 is 41.0 Å². The molecule has 0 fully saturated rings. The van der Waals surface area contributed by atoms with E-state index < -0.39 is 0 Å². The predicted molar refractivity (Wildman–Crippen MR) is 121 cm³/mol. The SMILES string of the molecule is CN=C(NCCCn1c(C)nc2ccccc21)NCCn1cc(C)cn1.I. The van der Waals surface area contributed by atoms with Crippen molar-refractivity contribution in [3.05, 3.63) is 48.0 Å². The maximum absolute atomic E-state index is 4.61. The molecule has 0 atom stereocenters. The minimum Gasteiger partial charge on any atom is -0.356 e. The molecule has 0 bridgehead atoms. The molecule has 0 saturated carbocycles. The third-order valence-corrected chi connectivity index (χ3v) is 4.32. The Labute approximate surface area is 177 Å². The molecule has 0 saturated heterocycles. The number of aliphatic imine (C=N–C) groups is 1. The van der Waals surface area contributed by atoms with Crippen LogP contribution in [0.3, 0.4) is 0 Å². The summed E-state index contributed by atoms with van der Waals surface area (Å²) in [7, 11) is 1.79. The van der Waals surface area contributed by atoms with E-state index in [-0.39, 0.29) is 24.0 Å². The van der Waals surface area contributed by atoms with E-state index in [0.717, 1.165) is 49.9 Å². The number of hydrogen-bond acceptors (Lipinski definition) is 3. The molecular weight excluding hydrogens is 453 g/mol. The third-order valence-electron chi connectivity index (χ3n) is 4.32. The average molecular weight is 481 g/mol. The number of imidazole rings is 1. The van der Waals surface area contributed by atoms with Gasteiger partial charge in [-0.1, -0.05) is 12.1 Å². The van der Waals surface area contributed by atoms with Crippen molar-refractivity contribution in [3.63, 3.8) is 0 Å². The second-order valence-corrected chi connectivity index (χ2v) is 6.36. The summed E-state index contributed by atoms with van der Waals surface area (Å²) < 4.78 is 4.20. The zero-order chi connectivity index (χ0) is 18.4. The number of guanidine groups is 1. The fraction of sp³-hybridized carbons (Fsp3) is 0.421. The van der Waals surface area contributed by atoms with Gasteiger partial charge in [-0.05, 0) is 38.0 Å². The Balaban J connectivity index is 0.00000261. The molecule has 2 N–H and O–H groups in total. The standard InChI is InChI=1S/C19H27N7.HI/c1-15-13-23-25(14-15)12-10-22-19(20-3)21-9-6-11-26-16(2)24-17-7-4-5-8-18(17)26;/h4-5,7-8,13-14H,6,9-12H2,1-3H3,(H2,20,21,22);1H. The van der Waals surface area contributed by atoms with Crippen LogP contribution in [-0.2, 0) is 13.1 Å². The largest absolute Gasteiger partial charge is 0.356 e. The normalized spacial score (nSPS) is 11.4. The van der Waals surface area contributed by atoms with Gasteiger partial charge >= 0.3 is 0 Å². The molecule has 8 heteroatoms. The molecule has 3 rings (SSSR count). The Bertz CT molecular complexity index is 881. The van der Waals surface area contributed by atoms with E-state index in [1.165, 1.54) is 11.1 Å². The monoisotopic (exact) mass is 481 g/mol. The Kier molecular flexibility index (Phi) is 8.08. The van der Waals surface area contributed by atoms with E-state index in [1.807, 2.05) is 30.1 Å². The topological polar surface area (TPSA) is 72.1 Å². The number of fused-ring (bicyclic) bond motifs is 1. The van der Waals surface area contributed by atoms with Crippen LogP contribution in [0.1, 0.15) is 17.8 Å². The molecule has 0 aliphatic rings. The third kappa shape index (κ3) is 5.69. The van der Waals surface area contributed by atoms with Gasteiger partial charge in [-0.2, -0.15) is 5.10 Å². The van der Waals surface area contributed by atoms with Gasteiger partial charge < -0.3 is 15.2 Å². The highest BCUT2D eigenvalue weighted by atomic mass is 127. The first kappa shape index (κ1) is 21.2. The molecule has 146 valence electrons. The summed E-state index contributed by atoms with van der Waals surface area (Å²) in [6.07, 6.45) is 4.91. The van der Waals surface area contributed by atoms with Gasteiger partial charge in [-0.15, -0.1) is 24.0 Å². The summed E-state index contributed by atoms with van der Waals surface area (Å²) in [6.45, 7) is 7.49. The molecular formula is C19H28IN7. The van der Waals surface area contributed by atoms with Crippen LogP contribution in [0.15, 0.2) is 41.7 Å². The number of benzene rings is 1. The van der Waals surface area contributed by atoms with Crippen molar-refractivity contribution in [2.75, 3.05) is 20.1 Å². The summed E-state index contributed by atoms with van der Waals surface area (Å²) in [4.78, 5) is 8.88. The lowest BCUT2D eigenvalue weighted by atomic mass is 10.3. The minimum absolute atomic E-state index is 0. The smallest absolute Gasteiger partial charge is 0.191 e. The second-order valence-electron chi connectivity index (χ2n) is 6.36. The molecule has 7 nitrogen and oxygen atoms in total. The van der Waals surface area contributed by atoms with Crippen LogP contribution in [0.5, 0.6) is 0 Å². The van der Waals surface area contributed by atoms with Crippen LogP contribution >= 0.6 is 24.0 Å². The fourth-order valence-electron chi connectivity index (χ4n) is 3.02. The zero-order valence-electron chi connectivity index (χ0n) is 16.1. The van der Waals surface area contributed by atoms with Crippen LogP contribution in [0.4, 0.5) is 0 Å². The lowest BCUT2D eigenvalue weighted by Gasteiger charge is -2.12. The van der Waals surface area contributed by atoms with Gasteiger partial charge in [0.05, 0.1) is 23.8 Å². The summed E-state index contributed by atoms with van der Waals surface area (Å²) in [5, 5.41) is 11.0. The fourth-order valence-corrected chi connectivity index (χ4v) is 3.02. The van der Waals surface area contributed by atoms with E-state index >= 15 is 0 Å². The number of aryl methyl sites for hydroxylation is 3. The predicted octanol–water partition coefficient (Wildman–Crippen LogP) is 2.72. The van der Waals surface area contributed by atoms with Gasteiger partial charge in [0.1, 0.15) is 5.82 Å². The van der Waals surface area contributed by atoms with Crippen molar-refractivity contribution in [2.45, 2.75) is 33.4 Å². The molecule has 0 aliphatic carbocycles. The number of nitrogens with one attached hydrogen (secondary N) is 2. The molecule has 0 amide bonds. The van der Waals surface area contributed by atoms with Crippen molar-refractivity contribution in [3.8, 4) is 0 Å². The first-order valence-corrected chi connectivity index (χ1v) is 9.03. The summed E-state index contributed by atoms with van der Waals surface area (Å²) in [5.74, 6) is 1.88. The van der Waals surface area contributed by atoms with E-state index in [2.05, 4.69) is 55.4 Å².